The molecular weight excluding hydrogens is 314 g/mol. The number of carbonyl (C=O) groups excluding carboxylic acids is 1. The Balaban J connectivity index is 2.02. The van der Waals surface area contributed by atoms with E-state index in [2.05, 4.69) is 47.5 Å². The smallest absolute Gasteiger partial charge is 0.278 e. The first-order valence-electron chi connectivity index (χ1n) is 8.63. The van der Waals surface area contributed by atoms with E-state index < -0.39 is 0 Å². The molecule has 0 aromatic heterocycles. The number of aryl methyl sites for hydroxylation is 1. The topological polar surface area (TPSA) is 64.9 Å². The standard InChI is InChI=1S/C20H21N3O2/c1-3-12-6-4-5-7-13(12)15-10-16-18(21-20(24)19(16)22-25)17-11-23(2)9-8-14(15)17/h4-7,10,25H,3,8-9,11H2,1-2H3,(H,21,22,24). The lowest BCUT2D eigenvalue weighted by molar-refractivity contribution is -0.110. The van der Waals surface area contributed by atoms with Crippen LogP contribution in [-0.4, -0.2) is 35.3 Å². The first kappa shape index (κ1) is 15.8. The lowest BCUT2D eigenvalue weighted by Gasteiger charge is -2.29. The molecule has 0 unspecified atom stereocenters. The van der Waals surface area contributed by atoms with Gasteiger partial charge in [-0.05, 0) is 53.8 Å². The fraction of sp³-hybridized carbons (Fsp3) is 0.300. The first-order valence-corrected chi connectivity index (χ1v) is 8.63. The Hall–Kier alpha value is -2.66. The summed E-state index contributed by atoms with van der Waals surface area (Å²) >= 11 is 0. The highest BCUT2D eigenvalue weighted by molar-refractivity contribution is 6.54. The molecule has 1 amide bonds. The van der Waals surface area contributed by atoms with Crippen molar-refractivity contribution in [3.63, 3.8) is 0 Å². The number of fused-ring (bicyclic) bond motifs is 3. The summed E-state index contributed by atoms with van der Waals surface area (Å²) in [6, 6.07) is 10.4. The van der Waals surface area contributed by atoms with Gasteiger partial charge in [0.1, 0.15) is 0 Å². The van der Waals surface area contributed by atoms with Gasteiger partial charge in [-0.25, -0.2) is 0 Å². The van der Waals surface area contributed by atoms with Gasteiger partial charge in [0.25, 0.3) is 5.91 Å². The largest absolute Gasteiger partial charge is 0.410 e. The zero-order valence-corrected chi connectivity index (χ0v) is 14.5. The first-order chi connectivity index (χ1) is 12.1. The molecule has 5 heteroatoms. The highest BCUT2D eigenvalue weighted by Crippen LogP contribution is 2.40. The number of nitrogens with one attached hydrogen (secondary N) is 1. The molecule has 0 saturated carbocycles. The third-order valence-electron chi connectivity index (χ3n) is 5.22. The predicted octanol–water partition coefficient (Wildman–Crippen LogP) is 3.03. The van der Waals surface area contributed by atoms with E-state index in [1.165, 1.54) is 16.7 Å². The summed E-state index contributed by atoms with van der Waals surface area (Å²) in [6.45, 7) is 3.92. The molecule has 0 spiro atoms. The van der Waals surface area contributed by atoms with Gasteiger partial charge >= 0.3 is 0 Å². The van der Waals surface area contributed by atoms with Gasteiger partial charge < -0.3 is 15.4 Å². The number of carbonyl (C=O) groups is 1. The van der Waals surface area contributed by atoms with Crippen molar-refractivity contribution in [3.8, 4) is 11.1 Å². The molecule has 128 valence electrons. The summed E-state index contributed by atoms with van der Waals surface area (Å²) in [4.78, 5) is 14.4. The van der Waals surface area contributed by atoms with Crippen LogP contribution in [0.25, 0.3) is 11.1 Å². The molecule has 5 nitrogen and oxygen atoms in total. The quantitative estimate of drug-likeness (QED) is 0.655. The van der Waals surface area contributed by atoms with Crippen LogP contribution in [0.4, 0.5) is 5.69 Å². The molecular formula is C20H21N3O2. The van der Waals surface area contributed by atoms with Crippen LogP contribution in [0.2, 0.25) is 0 Å². The van der Waals surface area contributed by atoms with Crippen LogP contribution >= 0.6 is 0 Å². The lowest BCUT2D eigenvalue weighted by atomic mass is 9.85. The highest BCUT2D eigenvalue weighted by Gasteiger charge is 2.33. The van der Waals surface area contributed by atoms with E-state index in [0.29, 0.717) is 5.56 Å². The molecule has 2 N–H and O–H groups in total. The molecule has 2 aromatic rings. The Morgan fingerprint density at radius 3 is 2.76 bits per heavy atom. The number of hydrogen-bond acceptors (Lipinski definition) is 4. The maximum absolute atomic E-state index is 12.2. The van der Waals surface area contributed by atoms with E-state index in [4.69, 9.17) is 0 Å². The molecule has 2 aliphatic rings. The second-order valence-corrected chi connectivity index (χ2v) is 6.71. The second kappa shape index (κ2) is 6.01. The Morgan fingerprint density at radius 1 is 1.20 bits per heavy atom. The maximum atomic E-state index is 12.2. The van der Waals surface area contributed by atoms with Crippen LogP contribution in [-0.2, 0) is 24.2 Å². The van der Waals surface area contributed by atoms with Crippen LogP contribution in [0.3, 0.4) is 0 Å². The van der Waals surface area contributed by atoms with E-state index in [9.17, 15) is 10.0 Å². The molecule has 0 saturated heterocycles. The van der Waals surface area contributed by atoms with Crippen molar-refractivity contribution in [1.29, 1.82) is 0 Å². The number of amides is 1. The molecule has 0 fully saturated rings. The van der Waals surface area contributed by atoms with Crippen LogP contribution in [0.1, 0.15) is 29.2 Å². The van der Waals surface area contributed by atoms with Crippen molar-refractivity contribution in [2.75, 3.05) is 18.9 Å². The van der Waals surface area contributed by atoms with Crippen molar-refractivity contribution >= 4 is 17.3 Å². The molecule has 2 aromatic carbocycles. The van der Waals surface area contributed by atoms with Gasteiger partial charge in [-0.2, -0.15) is 0 Å². The third-order valence-corrected chi connectivity index (χ3v) is 5.22. The van der Waals surface area contributed by atoms with Gasteiger partial charge in [-0.3, -0.25) is 4.79 Å². The second-order valence-electron chi connectivity index (χ2n) is 6.71. The van der Waals surface area contributed by atoms with Crippen LogP contribution < -0.4 is 5.32 Å². The van der Waals surface area contributed by atoms with E-state index >= 15 is 0 Å². The number of oxime groups is 1. The number of nitrogens with zero attached hydrogens (tertiary/aromatic N) is 2. The fourth-order valence-electron chi connectivity index (χ4n) is 3.95. The third kappa shape index (κ3) is 2.43. The SMILES string of the molecule is CCc1ccccc1-c1cc2c(c3c1CCN(C)C3)NC(=O)/C2=N/O. The van der Waals surface area contributed by atoms with E-state index in [-0.39, 0.29) is 11.6 Å². The number of likely N-dealkylation sites (N-methyl/N-ethyl adjacent to an activating group) is 1. The van der Waals surface area contributed by atoms with E-state index in [0.717, 1.165) is 42.7 Å². The summed E-state index contributed by atoms with van der Waals surface area (Å²) in [5.41, 5.74) is 7.66. The highest BCUT2D eigenvalue weighted by atomic mass is 16.4. The Morgan fingerprint density at radius 2 is 2.00 bits per heavy atom. The van der Waals surface area contributed by atoms with E-state index in [1.807, 2.05) is 12.1 Å². The fourth-order valence-corrected chi connectivity index (χ4v) is 3.95. The minimum atomic E-state index is -0.339. The number of anilines is 1. The summed E-state index contributed by atoms with van der Waals surface area (Å²) in [5, 5.41) is 15.5. The number of benzene rings is 2. The van der Waals surface area contributed by atoms with Gasteiger partial charge in [0, 0.05) is 18.7 Å². The summed E-state index contributed by atoms with van der Waals surface area (Å²) in [5.74, 6) is -0.339. The molecule has 0 bridgehead atoms. The Labute approximate surface area is 147 Å². The monoisotopic (exact) mass is 335 g/mol. The Bertz CT molecular complexity index is 902. The number of rotatable bonds is 2. The number of hydrogen-bond donors (Lipinski definition) is 2. The molecule has 0 atom stereocenters. The zero-order chi connectivity index (χ0) is 17.6. The summed E-state index contributed by atoms with van der Waals surface area (Å²) in [7, 11) is 2.08. The maximum Gasteiger partial charge on any atom is 0.278 e. The summed E-state index contributed by atoms with van der Waals surface area (Å²) in [6.07, 6.45) is 1.88. The molecule has 0 aliphatic carbocycles. The van der Waals surface area contributed by atoms with Gasteiger partial charge in [0.15, 0.2) is 5.71 Å². The molecule has 4 rings (SSSR count). The lowest BCUT2D eigenvalue weighted by Crippen LogP contribution is -2.28. The van der Waals surface area contributed by atoms with Crippen molar-refractivity contribution in [1.82, 2.24) is 4.90 Å². The van der Waals surface area contributed by atoms with Gasteiger partial charge in [-0.1, -0.05) is 36.3 Å². The zero-order valence-electron chi connectivity index (χ0n) is 14.5. The van der Waals surface area contributed by atoms with Gasteiger partial charge in [-0.15, -0.1) is 0 Å². The van der Waals surface area contributed by atoms with Gasteiger partial charge in [0.2, 0.25) is 0 Å². The van der Waals surface area contributed by atoms with Crippen molar-refractivity contribution < 1.29 is 10.0 Å². The predicted molar refractivity (Wildman–Crippen MR) is 98.2 cm³/mol. The van der Waals surface area contributed by atoms with Crippen LogP contribution in [0.15, 0.2) is 35.5 Å². The van der Waals surface area contributed by atoms with E-state index in [1.54, 1.807) is 0 Å². The minimum Gasteiger partial charge on any atom is -0.410 e. The molecule has 0 radical (unpaired) electrons. The normalized spacial score (nSPS) is 18.2. The van der Waals surface area contributed by atoms with Crippen LogP contribution in [0, 0.1) is 0 Å². The van der Waals surface area contributed by atoms with Crippen molar-refractivity contribution in [2.24, 2.45) is 5.16 Å². The average Bonchev–Trinajstić information content (AvgIpc) is 2.96. The molecule has 25 heavy (non-hydrogen) atoms. The van der Waals surface area contributed by atoms with Crippen molar-refractivity contribution in [2.45, 2.75) is 26.3 Å². The molecule has 2 heterocycles. The van der Waals surface area contributed by atoms with Gasteiger partial charge in [0.05, 0.1) is 5.69 Å². The Kier molecular flexibility index (Phi) is 3.81. The van der Waals surface area contributed by atoms with Crippen LogP contribution in [0.5, 0.6) is 0 Å². The molecule has 2 aliphatic heterocycles. The summed E-state index contributed by atoms with van der Waals surface area (Å²) < 4.78 is 0. The average molecular weight is 335 g/mol. The van der Waals surface area contributed by atoms with Crippen molar-refractivity contribution in [3.05, 3.63) is 52.6 Å². The minimum absolute atomic E-state index is 0.0984.